The predicted molar refractivity (Wildman–Crippen MR) is 62.0 cm³/mol. The Bertz CT molecular complexity index is 365. The molecule has 3 nitrogen and oxygen atoms in total. The SMILES string of the molecule is Cc1nn(C(C)C)c(C)c1[C@@H]1C[C@H]1CN. The maximum atomic E-state index is 5.70. The van der Waals surface area contributed by atoms with Crippen molar-refractivity contribution in [2.24, 2.45) is 11.7 Å². The first-order chi connectivity index (χ1) is 7.06. The van der Waals surface area contributed by atoms with Crippen LogP contribution < -0.4 is 5.73 Å². The highest BCUT2D eigenvalue weighted by Crippen LogP contribution is 2.48. The molecule has 3 heteroatoms. The molecule has 84 valence electrons. The van der Waals surface area contributed by atoms with Crippen LogP contribution in [0.25, 0.3) is 0 Å². The van der Waals surface area contributed by atoms with Crippen molar-refractivity contribution in [3.63, 3.8) is 0 Å². The molecule has 1 aliphatic carbocycles. The average Bonchev–Trinajstić information content (AvgIpc) is 2.87. The average molecular weight is 207 g/mol. The van der Waals surface area contributed by atoms with E-state index in [1.807, 2.05) is 0 Å². The van der Waals surface area contributed by atoms with Crippen LogP contribution in [0.5, 0.6) is 0 Å². The van der Waals surface area contributed by atoms with Crippen LogP contribution in [-0.4, -0.2) is 16.3 Å². The summed E-state index contributed by atoms with van der Waals surface area (Å²) in [6.45, 7) is 9.47. The topological polar surface area (TPSA) is 43.8 Å². The van der Waals surface area contributed by atoms with Crippen LogP contribution >= 0.6 is 0 Å². The van der Waals surface area contributed by atoms with Gasteiger partial charge < -0.3 is 5.73 Å². The first kappa shape index (κ1) is 10.7. The van der Waals surface area contributed by atoms with Gasteiger partial charge in [0, 0.05) is 11.7 Å². The third kappa shape index (κ3) is 1.69. The highest BCUT2D eigenvalue weighted by molar-refractivity contribution is 5.34. The van der Waals surface area contributed by atoms with Crippen LogP contribution in [0.15, 0.2) is 0 Å². The van der Waals surface area contributed by atoms with E-state index in [4.69, 9.17) is 5.73 Å². The fourth-order valence-electron chi connectivity index (χ4n) is 2.58. The van der Waals surface area contributed by atoms with Gasteiger partial charge in [0.2, 0.25) is 0 Å². The molecule has 1 aromatic heterocycles. The van der Waals surface area contributed by atoms with E-state index in [0.29, 0.717) is 17.9 Å². The summed E-state index contributed by atoms with van der Waals surface area (Å²) in [5.41, 5.74) is 9.69. The van der Waals surface area contributed by atoms with Crippen LogP contribution in [-0.2, 0) is 0 Å². The zero-order valence-corrected chi connectivity index (χ0v) is 10.1. The van der Waals surface area contributed by atoms with Gasteiger partial charge in [-0.15, -0.1) is 0 Å². The van der Waals surface area contributed by atoms with Gasteiger partial charge in [-0.25, -0.2) is 0 Å². The number of rotatable bonds is 3. The molecule has 2 rings (SSSR count). The lowest BCUT2D eigenvalue weighted by Crippen LogP contribution is -2.05. The molecule has 0 amide bonds. The van der Waals surface area contributed by atoms with Gasteiger partial charge in [0.05, 0.1) is 5.69 Å². The summed E-state index contributed by atoms with van der Waals surface area (Å²) in [5, 5.41) is 4.62. The van der Waals surface area contributed by atoms with Crippen LogP contribution in [0, 0.1) is 19.8 Å². The first-order valence-corrected chi connectivity index (χ1v) is 5.82. The van der Waals surface area contributed by atoms with Gasteiger partial charge in [0.25, 0.3) is 0 Å². The molecule has 0 radical (unpaired) electrons. The van der Waals surface area contributed by atoms with E-state index in [2.05, 4.69) is 37.5 Å². The fourth-order valence-corrected chi connectivity index (χ4v) is 2.58. The summed E-state index contributed by atoms with van der Waals surface area (Å²) in [6, 6.07) is 0.451. The minimum absolute atomic E-state index is 0.451. The maximum Gasteiger partial charge on any atom is 0.0631 e. The van der Waals surface area contributed by atoms with Gasteiger partial charge in [0.1, 0.15) is 0 Å². The molecular weight excluding hydrogens is 186 g/mol. The Balaban J connectivity index is 2.32. The lowest BCUT2D eigenvalue weighted by Gasteiger charge is -2.08. The van der Waals surface area contributed by atoms with Gasteiger partial charge >= 0.3 is 0 Å². The third-order valence-electron chi connectivity index (χ3n) is 3.47. The molecule has 0 aromatic carbocycles. The van der Waals surface area contributed by atoms with Gasteiger partial charge in [-0.1, -0.05) is 0 Å². The number of nitrogens with two attached hydrogens (primary N) is 1. The Morgan fingerprint density at radius 2 is 2.13 bits per heavy atom. The largest absolute Gasteiger partial charge is 0.330 e. The van der Waals surface area contributed by atoms with Crippen molar-refractivity contribution in [1.82, 2.24) is 9.78 Å². The first-order valence-electron chi connectivity index (χ1n) is 5.82. The van der Waals surface area contributed by atoms with Gasteiger partial charge in [0.15, 0.2) is 0 Å². The maximum absolute atomic E-state index is 5.70. The predicted octanol–water partition coefficient (Wildman–Crippen LogP) is 2.14. The van der Waals surface area contributed by atoms with Crippen LogP contribution in [0.4, 0.5) is 0 Å². The number of nitrogens with zero attached hydrogens (tertiary/aromatic N) is 2. The number of hydrogen-bond donors (Lipinski definition) is 1. The van der Waals surface area contributed by atoms with Crippen molar-refractivity contribution in [2.75, 3.05) is 6.54 Å². The molecule has 1 heterocycles. The summed E-state index contributed by atoms with van der Waals surface area (Å²) in [5.74, 6) is 1.38. The van der Waals surface area contributed by atoms with Crippen molar-refractivity contribution in [1.29, 1.82) is 0 Å². The van der Waals surface area contributed by atoms with Crippen molar-refractivity contribution in [3.8, 4) is 0 Å². The van der Waals surface area contributed by atoms with E-state index in [-0.39, 0.29) is 0 Å². The normalized spacial score (nSPS) is 24.9. The van der Waals surface area contributed by atoms with E-state index in [1.165, 1.54) is 23.4 Å². The smallest absolute Gasteiger partial charge is 0.0631 e. The Morgan fingerprint density at radius 1 is 1.47 bits per heavy atom. The lowest BCUT2D eigenvalue weighted by atomic mass is 10.1. The van der Waals surface area contributed by atoms with Crippen LogP contribution in [0.3, 0.4) is 0 Å². The Labute approximate surface area is 91.7 Å². The van der Waals surface area contributed by atoms with Gasteiger partial charge in [-0.2, -0.15) is 5.10 Å². The molecular formula is C12H21N3. The number of hydrogen-bond acceptors (Lipinski definition) is 2. The number of aromatic nitrogens is 2. The van der Waals surface area contributed by atoms with Crippen molar-refractivity contribution in [3.05, 3.63) is 17.0 Å². The molecule has 2 atom stereocenters. The molecule has 0 spiro atoms. The summed E-state index contributed by atoms with van der Waals surface area (Å²) in [6.07, 6.45) is 1.25. The van der Waals surface area contributed by atoms with Crippen molar-refractivity contribution >= 4 is 0 Å². The van der Waals surface area contributed by atoms with Crippen LogP contribution in [0.1, 0.15) is 49.2 Å². The molecule has 1 aliphatic rings. The quantitative estimate of drug-likeness (QED) is 0.825. The van der Waals surface area contributed by atoms with E-state index in [9.17, 15) is 0 Å². The van der Waals surface area contributed by atoms with Gasteiger partial charge in [-0.05, 0) is 58.1 Å². The van der Waals surface area contributed by atoms with E-state index < -0.39 is 0 Å². The minimum atomic E-state index is 0.451. The highest BCUT2D eigenvalue weighted by Gasteiger charge is 2.40. The van der Waals surface area contributed by atoms with E-state index in [0.717, 1.165) is 6.54 Å². The third-order valence-corrected chi connectivity index (χ3v) is 3.47. The highest BCUT2D eigenvalue weighted by atomic mass is 15.3. The zero-order chi connectivity index (χ0) is 11.2. The fraction of sp³-hybridized carbons (Fsp3) is 0.750. The molecule has 2 N–H and O–H groups in total. The standard InChI is InChI=1S/C12H21N3/c1-7(2)15-9(4)12(8(3)14-15)11-5-10(11)6-13/h7,10-11H,5-6,13H2,1-4H3/t10-,11+/m0/s1. The Morgan fingerprint density at radius 3 is 2.53 bits per heavy atom. The molecule has 1 aromatic rings. The van der Waals surface area contributed by atoms with E-state index >= 15 is 0 Å². The summed E-state index contributed by atoms with van der Waals surface area (Å²) >= 11 is 0. The molecule has 1 saturated carbocycles. The summed E-state index contributed by atoms with van der Waals surface area (Å²) in [4.78, 5) is 0. The second-order valence-corrected chi connectivity index (χ2v) is 4.96. The Hall–Kier alpha value is -0.830. The zero-order valence-electron chi connectivity index (χ0n) is 10.1. The number of aryl methyl sites for hydroxylation is 1. The van der Waals surface area contributed by atoms with E-state index in [1.54, 1.807) is 0 Å². The lowest BCUT2D eigenvalue weighted by molar-refractivity contribution is 0.515. The minimum Gasteiger partial charge on any atom is -0.330 e. The van der Waals surface area contributed by atoms with Crippen molar-refractivity contribution in [2.45, 2.75) is 46.1 Å². The molecule has 15 heavy (non-hydrogen) atoms. The molecule has 0 saturated heterocycles. The van der Waals surface area contributed by atoms with Gasteiger partial charge in [-0.3, -0.25) is 4.68 Å². The van der Waals surface area contributed by atoms with Crippen LogP contribution in [0.2, 0.25) is 0 Å². The molecule has 0 aliphatic heterocycles. The summed E-state index contributed by atoms with van der Waals surface area (Å²) in [7, 11) is 0. The molecule has 1 fully saturated rings. The second kappa shape index (κ2) is 3.63. The Kier molecular flexibility index (Phi) is 2.59. The summed E-state index contributed by atoms with van der Waals surface area (Å²) < 4.78 is 2.14. The second-order valence-electron chi connectivity index (χ2n) is 4.96. The molecule has 0 bridgehead atoms. The monoisotopic (exact) mass is 207 g/mol. The van der Waals surface area contributed by atoms with Crippen molar-refractivity contribution < 1.29 is 0 Å². The molecule has 0 unspecified atom stereocenters.